The van der Waals surface area contributed by atoms with Crippen molar-refractivity contribution < 1.29 is 9.18 Å². The van der Waals surface area contributed by atoms with Crippen LogP contribution in [-0.2, 0) is 12.5 Å². The quantitative estimate of drug-likeness (QED) is 0.566. The molecule has 0 unspecified atom stereocenters. The summed E-state index contributed by atoms with van der Waals surface area (Å²) in [7, 11) is 1.83. The Morgan fingerprint density at radius 2 is 1.81 bits per heavy atom. The Bertz CT molecular complexity index is 1130. The predicted molar refractivity (Wildman–Crippen MR) is 124 cm³/mol. The van der Waals surface area contributed by atoms with E-state index in [0.717, 1.165) is 47.6 Å². The zero-order chi connectivity index (χ0) is 23.0. The second kappa shape index (κ2) is 8.49. The number of rotatable bonds is 3. The normalized spacial score (nSPS) is 16.9. The summed E-state index contributed by atoms with van der Waals surface area (Å²) in [6, 6.07) is 12.6. The molecule has 4 rings (SSSR count). The topological polar surface area (TPSA) is 51.0 Å². The van der Waals surface area contributed by atoms with Crippen molar-refractivity contribution in [2.75, 3.05) is 13.1 Å². The van der Waals surface area contributed by atoms with Gasteiger partial charge in [-0.05, 0) is 61.2 Å². The third-order valence-corrected chi connectivity index (χ3v) is 6.15. The van der Waals surface area contributed by atoms with Gasteiger partial charge in [-0.2, -0.15) is 5.10 Å². The first-order valence-corrected chi connectivity index (χ1v) is 11.2. The molecule has 1 aliphatic heterocycles. The maximum Gasteiger partial charge on any atom is 0.272 e. The van der Waals surface area contributed by atoms with Crippen molar-refractivity contribution in [1.29, 1.82) is 0 Å². The van der Waals surface area contributed by atoms with Gasteiger partial charge in [0.1, 0.15) is 11.5 Å². The Balaban J connectivity index is 1.57. The van der Waals surface area contributed by atoms with E-state index < -0.39 is 0 Å². The largest absolute Gasteiger partial charge is 0.337 e. The summed E-state index contributed by atoms with van der Waals surface area (Å²) in [4.78, 5) is 20.1. The molecule has 0 saturated carbocycles. The minimum absolute atomic E-state index is 0.0200. The van der Waals surface area contributed by atoms with Crippen molar-refractivity contribution in [3.8, 4) is 11.1 Å². The highest BCUT2D eigenvalue weighted by Crippen LogP contribution is 2.31. The van der Waals surface area contributed by atoms with Gasteiger partial charge in [0.25, 0.3) is 5.91 Å². The molecule has 2 aromatic heterocycles. The van der Waals surface area contributed by atoms with Crippen LogP contribution in [0.4, 0.5) is 4.39 Å². The molecular formula is C26H31FN4O. The van der Waals surface area contributed by atoms with E-state index in [1.165, 1.54) is 12.1 Å². The highest BCUT2D eigenvalue weighted by atomic mass is 19.1. The van der Waals surface area contributed by atoms with Crippen LogP contribution in [0.2, 0.25) is 0 Å². The Morgan fingerprint density at radius 3 is 2.47 bits per heavy atom. The second-order valence-electron chi connectivity index (χ2n) is 9.81. The average molecular weight is 435 g/mol. The van der Waals surface area contributed by atoms with Gasteiger partial charge in [0.05, 0.1) is 5.69 Å². The number of benzene rings is 1. The van der Waals surface area contributed by atoms with Crippen LogP contribution in [0, 0.1) is 12.7 Å². The maximum absolute atomic E-state index is 13.3. The molecule has 0 radical (unpaired) electrons. The number of halogens is 1. The van der Waals surface area contributed by atoms with Crippen LogP contribution in [0.5, 0.6) is 0 Å². The van der Waals surface area contributed by atoms with E-state index in [9.17, 15) is 9.18 Å². The standard InChI is InChI=1S/C26H31FN4O/c1-17-13-20(18-8-10-21(27)11-9-18)14-22(28-17)19-7-6-12-31(16-19)25(32)23-15-24(26(2,3)4)29-30(23)5/h8-11,13-15,19H,6-7,12,16H2,1-5H3/t19-/m1/s1. The number of aromatic nitrogens is 3. The van der Waals surface area contributed by atoms with Gasteiger partial charge in [0, 0.05) is 42.9 Å². The van der Waals surface area contributed by atoms with Crippen molar-refractivity contribution in [3.63, 3.8) is 0 Å². The number of amides is 1. The number of piperidine rings is 1. The van der Waals surface area contributed by atoms with Crippen molar-refractivity contribution >= 4 is 5.91 Å². The zero-order valence-corrected chi connectivity index (χ0v) is 19.5. The summed E-state index contributed by atoms with van der Waals surface area (Å²) < 4.78 is 15.0. The van der Waals surface area contributed by atoms with Crippen molar-refractivity contribution in [2.24, 2.45) is 7.05 Å². The lowest BCUT2D eigenvalue weighted by atomic mass is 9.91. The summed E-state index contributed by atoms with van der Waals surface area (Å²) in [5.74, 6) is -0.0558. The van der Waals surface area contributed by atoms with Crippen LogP contribution < -0.4 is 0 Å². The smallest absolute Gasteiger partial charge is 0.272 e. The molecule has 0 bridgehead atoms. The van der Waals surface area contributed by atoms with Crippen molar-refractivity contribution in [3.05, 3.63) is 71.1 Å². The molecule has 3 heterocycles. The molecule has 1 aliphatic rings. The number of hydrogen-bond donors (Lipinski definition) is 0. The second-order valence-corrected chi connectivity index (χ2v) is 9.81. The molecule has 1 amide bonds. The first-order valence-electron chi connectivity index (χ1n) is 11.2. The molecule has 0 aliphatic carbocycles. The number of nitrogens with zero attached hydrogens (tertiary/aromatic N) is 4. The number of hydrogen-bond acceptors (Lipinski definition) is 3. The molecule has 168 valence electrons. The summed E-state index contributed by atoms with van der Waals surface area (Å²) >= 11 is 0. The summed E-state index contributed by atoms with van der Waals surface area (Å²) in [6.07, 6.45) is 1.92. The predicted octanol–water partition coefficient (Wildman–Crippen LogP) is 5.25. The molecule has 0 spiro atoms. The number of carbonyl (C=O) groups is 1. The lowest BCUT2D eigenvalue weighted by Gasteiger charge is -2.32. The van der Waals surface area contributed by atoms with Gasteiger partial charge in [0.15, 0.2) is 0 Å². The minimum atomic E-state index is -0.244. The first kappa shape index (κ1) is 22.2. The number of likely N-dealkylation sites (tertiary alicyclic amines) is 1. The molecule has 3 aromatic rings. The summed E-state index contributed by atoms with van der Waals surface area (Å²) in [6.45, 7) is 9.65. The zero-order valence-electron chi connectivity index (χ0n) is 19.5. The van der Waals surface area contributed by atoms with Crippen LogP contribution in [0.25, 0.3) is 11.1 Å². The Morgan fingerprint density at radius 1 is 1.09 bits per heavy atom. The fourth-order valence-corrected chi connectivity index (χ4v) is 4.31. The third kappa shape index (κ3) is 4.59. The van der Waals surface area contributed by atoms with Crippen LogP contribution in [0.1, 0.15) is 67.1 Å². The fraction of sp³-hybridized carbons (Fsp3) is 0.423. The van der Waals surface area contributed by atoms with Crippen molar-refractivity contribution in [1.82, 2.24) is 19.7 Å². The number of pyridine rings is 1. The maximum atomic E-state index is 13.3. The van der Waals surface area contributed by atoms with E-state index in [1.54, 1.807) is 16.8 Å². The SMILES string of the molecule is Cc1cc(-c2ccc(F)cc2)cc([C@@H]2CCCN(C(=O)c3cc(C(C)(C)C)nn3C)C2)n1. The number of carbonyl (C=O) groups excluding carboxylic acids is 1. The lowest BCUT2D eigenvalue weighted by molar-refractivity contribution is 0.0694. The van der Waals surface area contributed by atoms with E-state index in [0.29, 0.717) is 12.2 Å². The molecule has 0 N–H and O–H groups in total. The van der Waals surface area contributed by atoms with E-state index in [2.05, 4.69) is 31.9 Å². The third-order valence-electron chi connectivity index (χ3n) is 6.15. The van der Waals surface area contributed by atoms with Gasteiger partial charge in [-0.15, -0.1) is 0 Å². The highest BCUT2D eigenvalue weighted by Gasteiger charge is 2.29. The van der Waals surface area contributed by atoms with Crippen LogP contribution in [-0.4, -0.2) is 38.7 Å². The average Bonchev–Trinajstić information content (AvgIpc) is 3.15. The molecule has 5 nitrogen and oxygen atoms in total. The van der Waals surface area contributed by atoms with Crippen molar-refractivity contribution in [2.45, 2.75) is 51.9 Å². The Kier molecular flexibility index (Phi) is 5.89. The molecule has 32 heavy (non-hydrogen) atoms. The van der Waals surface area contributed by atoms with Crippen LogP contribution >= 0.6 is 0 Å². The summed E-state index contributed by atoms with van der Waals surface area (Å²) in [5, 5.41) is 4.57. The van der Waals surface area contributed by atoms with Gasteiger partial charge in [-0.3, -0.25) is 14.5 Å². The molecule has 6 heteroatoms. The van der Waals surface area contributed by atoms with Crippen LogP contribution in [0.3, 0.4) is 0 Å². The Hall–Kier alpha value is -3.02. The van der Waals surface area contributed by atoms with E-state index in [-0.39, 0.29) is 23.1 Å². The van der Waals surface area contributed by atoms with Gasteiger partial charge in [-0.1, -0.05) is 32.9 Å². The summed E-state index contributed by atoms with van der Waals surface area (Å²) in [5.41, 5.74) is 5.34. The fourth-order valence-electron chi connectivity index (χ4n) is 4.31. The van der Waals surface area contributed by atoms with E-state index in [1.807, 2.05) is 31.0 Å². The lowest BCUT2D eigenvalue weighted by Crippen LogP contribution is -2.40. The van der Waals surface area contributed by atoms with Gasteiger partial charge < -0.3 is 4.90 Å². The van der Waals surface area contributed by atoms with Gasteiger partial charge in [-0.25, -0.2) is 4.39 Å². The minimum Gasteiger partial charge on any atom is -0.337 e. The Labute approximate surface area is 189 Å². The molecule has 1 fully saturated rings. The van der Waals surface area contributed by atoms with E-state index >= 15 is 0 Å². The monoisotopic (exact) mass is 434 g/mol. The van der Waals surface area contributed by atoms with E-state index in [4.69, 9.17) is 4.98 Å². The van der Waals surface area contributed by atoms with Gasteiger partial charge in [0.2, 0.25) is 0 Å². The number of aryl methyl sites for hydroxylation is 2. The van der Waals surface area contributed by atoms with Gasteiger partial charge >= 0.3 is 0 Å². The first-order chi connectivity index (χ1) is 15.1. The highest BCUT2D eigenvalue weighted by molar-refractivity contribution is 5.93. The molecule has 1 aromatic carbocycles. The molecule has 1 saturated heterocycles. The molecule has 1 atom stereocenters. The molecular weight excluding hydrogens is 403 g/mol. The van der Waals surface area contributed by atoms with Crippen LogP contribution in [0.15, 0.2) is 42.5 Å².